The van der Waals surface area contributed by atoms with Crippen molar-refractivity contribution in [2.45, 2.75) is 29.9 Å². The van der Waals surface area contributed by atoms with Gasteiger partial charge < -0.3 is 5.73 Å². The summed E-state index contributed by atoms with van der Waals surface area (Å²) in [5, 5.41) is 7.40. The molecule has 0 saturated carbocycles. The Morgan fingerprint density at radius 1 is 1.47 bits per heavy atom. The van der Waals surface area contributed by atoms with E-state index in [0.717, 1.165) is 16.3 Å². The SMILES string of the molecule is Cc1nc(Sc2ccc(F)cc2C(C)N)n[nH]1. The average Bonchev–Trinajstić information content (AvgIpc) is 2.66. The molecule has 1 heterocycles. The van der Waals surface area contributed by atoms with Crippen LogP contribution in [0, 0.1) is 12.7 Å². The third kappa shape index (κ3) is 2.83. The number of aryl methyl sites for hydroxylation is 1. The lowest BCUT2D eigenvalue weighted by molar-refractivity contribution is 0.619. The van der Waals surface area contributed by atoms with Crippen LogP contribution in [-0.2, 0) is 0 Å². The molecule has 2 aromatic rings. The summed E-state index contributed by atoms with van der Waals surface area (Å²) in [6.45, 7) is 3.65. The molecule has 0 aliphatic heterocycles. The van der Waals surface area contributed by atoms with Gasteiger partial charge in [-0.25, -0.2) is 9.37 Å². The van der Waals surface area contributed by atoms with Gasteiger partial charge >= 0.3 is 0 Å². The molecular weight excluding hydrogens is 239 g/mol. The van der Waals surface area contributed by atoms with Gasteiger partial charge in [0.1, 0.15) is 11.6 Å². The summed E-state index contributed by atoms with van der Waals surface area (Å²) >= 11 is 1.37. The summed E-state index contributed by atoms with van der Waals surface area (Å²) in [4.78, 5) is 5.07. The molecule has 6 heteroatoms. The summed E-state index contributed by atoms with van der Waals surface area (Å²) in [7, 11) is 0. The van der Waals surface area contributed by atoms with Gasteiger partial charge in [-0.15, -0.1) is 5.10 Å². The molecule has 1 atom stereocenters. The molecule has 1 aromatic heterocycles. The minimum atomic E-state index is -0.284. The van der Waals surface area contributed by atoms with E-state index < -0.39 is 0 Å². The quantitative estimate of drug-likeness (QED) is 0.880. The maximum absolute atomic E-state index is 13.1. The van der Waals surface area contributed by atoms with Gasteiger partial charge in [0.15, 0.2) is 0 Å². The molecule has 0 saturated heterocycles. The van der Waals surface area contributed by atoms with Gasteiger partial charge in [-0.1, -0.05) is 0 Å². The number of nitrogens with one attached hydrogen (secondary N) is 1. The van der Waals surface area contributed by atoms with Crippen LogP contribution in [0.15, 0.2) is 28.3 Å². The second kappa shape index (κ2) is 4.85. The minimum Gasteiger partial charge on any atom is -0.324 e. The molecule has 1 unspecified atom stereocenters. The topological polar surface area (TPSA) is 67.6 Å². The van der Waals surface area contributed by atoms with E-state index >= 15 is 0 Å². The third-order valence-corrected chi connectivity index (χ3v) is 3.20. The highest BCUT2D eigenvalue weighted by Crippen LogP contribution is 2.31. The van der Waals surface area contributed by atoms with Gasteiger partial charge in [0, 0.05) is 10.9 Å². The standard InChI is InChI=1S/C11H13FN4S/c1-6(13)9-5-8(12)3-4-10(9)17-11-14-7(2)15-16-11/h3-6H,13H2,1-2H3,(H,14,15,16). The highest BCUT2D eigenvalue weighted by atomic mass is 32.2. The maximum atomic E-state index is 13.1. The van der Waals surface area contributed by atoms with E-state index in [9.17, 15) is 4.39 Å². The Morgan fingerprint density at radius 3 is 2.82 bits per heavy atom. The number of hydrogen-bond donors (Lipinski definition) is 2. The van der Waals surface area contributed by atoms with Crippen LogP contribution in [0.25, 0.3) is 0 Å². The van der Waals surface area contributed by atoms with E-state index in [4.69, 9.17) is 5.73 Å². The largest absolute Gasteiger partial charge is 0.324 e. The first-order chi connectivity index (χ1) is 8.06. The Balaban J connectivity index is 2.32. The molecular formula is C11H13FN4S. The van der Waals surface area contributed by atoms with Crippen molar-refractivity contribution in [2.24, 2.45) is 5.73 Å². The molecule has 0 radical (unpaired) electrons. The van der Waals surface area contributed by atoms with E-state index in [1.165, 1.54) is 23.9 Å². The van der Waals surface area contributed by atoms with E-state index in [-0.39, 0.29) is 11.9 Å². The number of aromatic nitrogens is 3. The van der Waals surface area contributed by atoms with Crippen molar-refractivity contribution in [1.82, 2.24) is 15.2 Å². The van der Waals surface area contributed by atoms with Gasteiger partial charge in [0.05, 0.1) is 0 Å². The van der Waals surface area contributed by atoms with Crippen molar-refractivity contribution < 1.29 is 4.39 Å². The molecule has 90 valence electrons. The highest BCUT2D eigenvalue weighted by Gasteiger charge is 2.11. The molecule has 0 fully saturated rings. The lowest BCUT2D eigenvalue weighted by atomic mass is 10.1. The zero-order valence-corrected chi connectivity index (χ0v) is 10.4. The summed E-state index contributed by atoms with van der Waals surface area (Å²) in [5.74, 6) is 0.463. The Hall–Kier alpha value is -1.40. The van der Waals surface area contributed by atoms with Crippen molar-refractivity contribution in [2.75, 3.05) is 0 Å². The number of benzene rings is 1. The van der Waals surface area contributed by atoms with Crippen LogP contribution in [0.5, 0.6) is 0 Å². The van der Waals surface area contributed by atoms with Crippen LogP contribution in [0.1, 0.15) is 24.4 Å². The average molecular weight is 252 g/mol. The molecule has 1 aromatic carbocycles. The lowest BCUT2D eigenvalue weighted by Gasteiger charge is -2.10. The van der Waals surface area contributed by atoms with Gasteiger partial charge in [0.25, 0.3) is 0 Å². The normalized spacial score (nSPS) is 12.7. The Bertz CT molecular complexity index is 524. The van der Waals surface area contributed by atoms with E-state index in [1.807, 2.05) is 13.8 Å². The lowest BCUT2D eigenvalue weighted by Crippen LogP contribution is -2.06. The van der Waals surface area contributed by atoms with Crippen LogP contribution in [0.2, 0.25) is 0 Å². The zero-order valence-electron chi connectivity index (χ0n) is 9.57. The van der Waals surface area contributed by atoms with Crippen LogP contribution >= 0.6 is 11.8 Å². The molecule has 0 spiro atoms. The molecule has 0 aliphatic rings. The van der Waals surface area contributed by atoms with Crippen molar-refractivity contribution in [3.05, 3.63) is 35.4 Å². The molecule has 0 amide bonds. The van der Waals surface area contributed by atoms with Crippen LogP contribution < -0.4 is 5.73 Å². The molecule has 2 rings (SSSR count). The first-order valence-electron chi connectivity index (χ1n) is 5.18. The van der Waals surface area contributed by atoms with E-state index in [0.29, 0.717) is 5.16 Å². The molecule has 0 bridgehead atoms. The Kier molecular flexibility index (Phi) is 3.44. The fraction of sp³-hybridized carbons (Fsp3) is 0.273. The summed E-state index contributed by atoms with van der Waals surface area (Å²) in [5.41, 5.74) is 6.58. The smallest absolute Gasteiger partial charge is 0.213 e. The van der Waals surface area contributed by atoms with Crippen molar-refractivity contribution in [1.29, 1.82) is 0 Å². The van der Waals surface area contributed by atoms with Crippen molar-refractivity contribution in [3.63, 3.8) is 0 Å². The molecule has 0 aliphatic carbocycles. The zero-order chi connectivity index (χ0) is 12.4. The van der Waals surface area contributed by atoms with E-state index in [1.54, 1.807) is 6.07 Å². The number of halogens is 1. The van der Waals surface area contributed by atoms with E-state index in [2.05, 4.69) is 15.2 Å². The predicted octanol–water partition coefficient (Wildman–Crippen LogP) is 2.42. The predicted molar refractivity (Wildman–Crippen MR) is 64.2 cm³/mol. The number of H-pyrrole nitrogens is 1. The minimum absolute atomic E-state index is 0.228. The fourth-order valence-corrected chi connectivity index (χ4v) is 2.40. The molecule has 4 nitrogen and oxygen atoms in total. The van der Waals surface area contributed by atoms with Crippen LogP contribution in [-0.4, -0.2) is 15.2 Å². The van der Waals surface area contributed by atoms with Crippen molar-refractivity contribution >= 4 is 11.8 Å². The van der Waals surface area contributed by atoms with Crippen molar-refractivity contribution in [3.8, 4) is 0 Å². The summed E-state index contributed by atoms with van der Waals surface area (Å²) in [6, 6.07) is 4.33. The number of nitrogens with two attached hydrogens (primary N) is 1. The third-order valence-electron chi connectivity index (χ3n) is 2.24. The number of nitrogens with zero attached hydrogens (tertiary/aromatic N) is 2. The first kappa shape index (κ1) is 12.1. The highest BCUT2D eigenvalue weighted by molar-refractivity contribution is 7.99. The molecule has 17 heavy (non-hydrogen) atoms. The first-order valence-corrected chi connectivity index (χ1v) is 6.00. The second-order valence-electron chi connectivity index (χ2n) is 3.78. The van der Waals surface area contributed by atoms with Gasteiger partial charge in [-0.3, -0.25) is 5.10 Å². The summed E-state index contributed by atoms with van der Waals surface area (Å²) < 4.78 is 13.1. The Labute approximate surface area is 103 Å². The van der Waals surface area contributed by atoms with Gasteiger partial charge in [0.2, 0.25) is 5.16 Å². The van der Waals surface area contributed by atoms with Crippen LogP contribution in [0.4, 0.5) is 4.39 Å². The number of aromatic amines is 1. The number of rotatable bonds is 3. The fourth-order valence-electron chi connectivity index (χ4n) is 1.43. The Morgan fingerprint density at radius 2 is 2.24 bits per heavy atom. The van der Waals surface area contributed by atoms with Gasteiger partial charge in [-0.2, -0.15) is 0 Å². The number of hydrogen-bond acceptors (Lipinski definition) is 4. The monoisotopic (exact) mass is 252 g/mol. The summed E-state index contributed by atoms with van der Waals surface area (Å²) in [6.07, 6.45) is 0. The second-order valence-corrected chi connectivity index (χ2v) is 4.79. The van der Waals surface area contributed by atoms with Crippen LogP contribution in [0.3, 0.4) is 0 Å². The maximum Gasteiger partial charge on any atom is 0.213 e. The van der Waals surface area contributed by atoms with Gasteiger partial charge in [-0.05, 0) is 49.4 Å². The molecule has 3 N–H and O–H groups in total.